The van der Waals surface area contributed by atoms with E-state index in [1.165, 1.54) is 88.9 Å². The van der Waals surface area contributed by atoms with Gasteiger partial charge in [-0.15, -0.1) is 0 Å². The Morgan fingerprint density at radius 1 is 0.429 bits per heavy atom. The molecule has 234 valence electrons. The Morgan fingerprint density at radius 2 is 0.918 bits per heavy atom. The first-order valence-corrected chi connectivity index (χ1v) is 17.4. The molecule has 1 aliphatic heterocycles. The summed E-state index contributed by atoms with van der Waals surface area (Å²) >= 11 is 0. The van der Waals surface area contributed by atoms with Crippen LogP contribution < -0.4 is 4.90 Å². The molecule has 2 nitrogen and oxygen atoms in total. The van der Waals surface area contributed by atoms with Crippen LogP contribution >= 0.6 is 0 Å². The number of anilines is 2. The Morgan fingerprint density at radius 3 is 1.55 bits per heavy atom. The van der Waals surface area contributed by atoms with Crippen molar-refractivity contribution in [1.29, 1.82) is 0 Å². The fraction of sp³-hybridized carbons (Fsp3) is 0.106. The van der Waals surface area contributed by atoms with Gasteiger partial charge in [0.1, 0.15) is 0 Å². The fourth-order valence-corrected chi connectivity index (χ4v) is 8.56. The molecule has 0 N–H and O–H groups in total. The third-order valence-electron chi connectivity index (χ3n) is 11.0. The van der Waals surface area contributed by atoms with Crippen molar-refractivity contribution in [2.24, 2.45) is 0 Å². The molecule has 2 aliphatic rings. The third-order valence-corrected chi connectivity index (χ3v) is 11.0. The van der Waals surface area contributed by atoms with Crippen molar-refractivity contribution < 1.29 is 0 Å². The molecular formula is C47H36N2. The van der Waals surface area contributed by atoms with Gasteiger partial charge in [0.15, 0.2) is 0 Å². The second-order valence-corrected chi connectivity index (χ2v) is 14.2. The van der Waals surface area contributed by atoms with Gasteiger partial charge in [-0.05, 0) is 110 Å². The highest BCUT2D eigenvalue weighted by Gasteiger charge is 2.34. The van der Waals surface area contributed by atoms with E-state index in [1.807, 2.05) is 0 Å². The van der Waals surface area contributed by atoms with E-state index in [2.05, 4.69) is 181 Å². The van der Waals surface area contributed by atoms with Crippen molar-refractivity contribution in [1.82, 2.24) is 4.57 Å². The number of fused-ring (bicyclic) bond motifs is 12. The van der Waals surface area contributed by atoms with Crippen LogP contribution in [0.4, 0.5) is 11.4 Å². The Labute approximate surface area is 287 Å². The summed E-state index contributed by atoms with van der Waals surface area (Å²) in [4.78, 5) is 2.54. The smallest absolute Gasteiger partial charge is 0.0541 e. The molecule has 49 heavy (non-hydrogen) atoms. The molecule has 0 amide bonds. The van der Waals surface area contributed by atoms with Gasteiger partial charge in [-0.2, -0.15) is 0 Å². The number of hydrogen-bond donors (Lipinski definition) is 0. The predicted molar refractivity (Wildman–Crippen MR) is 207 cm³/mol. The monoisotopic (exact) mass is 628 g/mol. The molecule has 10 rings (SSSR count). The molecule has 0 atom stereocenters. The molecule has 2 heterocycles. The molecule has 1 aliphatic carbocycles. The van der Waals surface area contributed by atoms with Crippen molar-refractivity contribution in [2.75, 3.05) is 11.4 Å². The van der Waals surface area contributed by atoms with Crippen molar-refractivity contribution in [3.05, 3.63) is 163 Å². The van der Waals surface area contributed by atoms with Crippen molar-refractivity contribution >= 4 is 33.2 Å². The first-order chi connectivity index (χ1) is 24.1. The molecule has 7 aromatic carbocycles. The van der Waals surface area contributed by atoms with Crippen LogP contribution in [0.2, 0.25) is 0 Å². The van der Waals surface area contributed by atoms with E-state index in [0.717, 1.165) is 13.0 Å². The number of rotatable bonds is 2. The summed E-state index contributed by atoms with van der Waals surface area (Å²) in [5.74, 6) is 0. The average molecular weight is 629 g/mol. The first kappa shape index (κ1) is 28.2. The molecule has 0 saturated carbocycles. The lowest BCUT2D eigenvalue weighted by molar-refractivity contribution is 0.467. The SMILES string of the molecule is CC1(C)CCN(c2ccccc2)c2cc3c(cc21)-c1ccccc1-c1ccccc1-c1ccc(-n2c4ccccc4c4ccccc42)cc1-3. The summed E-state index contributed by atoms with van der Waals surface area (Å²) < 4.78 is 2.45. The minimum absolute atomic E-state index is 0.0402. The number of benzene rings is 7. The van der Waals surface area contributed by atoms with Crippen molar-refractivity contribution in [3.63, 3.8) is 0 Å². The minimum Gasteiger partial charge on any atom is -0.341 e. The van der Waals surface area contributed by atoms with Crippen LogP contribution in [-0.2, 0) is 5.41 Å². The zero-order chi connectivity index (χ0) is 32.7. The van der Waals surface area contributed by atoms with Crippen molar-refractivity contribution in [3.8, 4) is 50.2 Å². The Balaban J connectivity index is 1.33. The van der Waals surface area contributed by atoms with Gasteiger partial charge in [0.2, 0.25) is 0 Å². The van der Waals surface area contributed by atoms with Gasteiger partial charge >= 0.3 is 0 Å². The number of hydrogen-bond acceptors (Lipinski definition) is 1. The molecule has 0 saturated heterocycles. The van der Waals surface area contributed by atoms with Crippen LogP contribution in [0.5, 0.6) is 0 Å². The highest BCUT2D eigenvalue weighted by Crippen LogP contribution is 2.53. The van der Waals surface area contributed by atoms with Gasteiger partial charge in [0.25, 0.3) is 0 Å². The average Bonchev–Trinajstić information content (AvgIpc) is 3.48. The van der Waals surface area contributed by atoms with Gasteiger partial charge < -0.3 is 9.47 Å². The lowest BCUT2D eigenvalue weighted by Gasteiger charge is -2.41. The quantitative estimate of drug-likeness (QED) is 0.185. The van der Waals surface area contributed by atoms with E-state index in [-0.39, 0.29) is 5.41 Å². The maximum Gasteiger partial charge on any atom is 0.0541 e. The van der Waals surface area contributed by atoms with Gasteiger partial charge in [0, 0.05) is 34.4 Å². The molecule has 8 aromatic rings. The molecule has 0 spiro atoms. The second kappa shape index (κ2) is 10.6. The second-order valence-electron chi connectivity index (χ2n) is 14.2. The number of aromatic nitrogens is 1. The van der Waals surface area contributed by atoms with E-state index in [0.29, 0.717) is 0 Å². The van der Waals surface area contributed by atoms with Crippen LogP contribution in [0.1, 0.15) is 25.8 Å². The standard InChI is InChI=1S/C47H36N2/c1-47(2)26-27-48(31-14-4-3-5-15-31)46-30-42-40-28-32(49-44-22-12-10-20-38(44)39-21-11-13-23-45(39)49)24-25-37(40)35-18-7-6-16-33(35)34-17-8-9-19-36(34)41(42)29-43(46)47/h3-25,28-30H,26-27H2,1-2H3. The van der Waals surface area contributed by atoms with Gasteiger partial charge in [-0.25, -0.2) is 0 Å². The summed E-state index contributed by atoms with van der Waals surface area (Å²) in [5.41, 5.74) is 17.8. The minimum atomic E-state index is 0.0402. The van der Waals surface area contributed by atoms with Crippen LogP contribution in [0.15, 0.2) is 158 Å². The highest BCUT2D eigenvalue weighted by molar-refractivity contribution is 6.10. The molecule has 1 aromatic heterocycles. The zero-order valence-corrected chi connectivity index (χ0v) is 27.8. The molecule has 0 radical (unpaired) electrons. The predicted octanol–water partition coefficient (Wildman–Crippen LogP) is 12.6. The normalized spacial score (nSPS) is 14.3. The maximum absolute atomic E-state index is 2.54. The summed E-state index contributed by atoms with van der Waals surface area (Å²) in [6.45, 7) is 5.81. The molecule has 0 unspecified atom stereocenters. The van der Waals surface area contributed by atoms with Gasteiger partial charge in [0.05, 0.1) is 11.0 Å². The maximum atomic E-state index is 2.54. The summed E-state index contributed by atoms with van der Waals surface area (Å²) in [6.07, 6.45) is 1.09. The lowest BCUT2D eigenvalue weighted by atomic mass is 9.73. The lowest BCUT2D eigenvalue weighted by Crippen LogP contribution is -2.34. The fourth-order valence-electron chi connectivity index (χ4n) is 8.56. The Bertz CT molecular complexity index is 2530. The molecule has 0 bridgehead atoms. The van der Waals surface area contributed by atoms with Crippen LogP contribution in [0.3, 0.4) is 0 Å². The van der Waals surface area contributed by atoms with Crippen molar-refractivity contribution in [2.45, 2.75) is 25.7 Å². The van der Waals surface area contributed by atoms with Gasteiger partial charge in [-0.1, -0.05) is 123 Å². The number of para-hydroxylation sites is 3. The van der Waals surface area contributed by atoms with Gasteiger partial charge in [-0.3, -0.25) is 0 Å². The van der Waals surface area contributed by atoms with E-state index < -0.39 is 0 Å². The molecule has 0 fully saturated rings. The van der Waals surface area contributed by atoms with E-state index in [4.69, 9.17) is 0 Å². The van der Waals surface area contributed by atoms with Crippen LogP contribution in [-0.4, -0.2) is 11.1 Å². The number of nitrogens with zero attached hydrogens (tertiary/aromatic N) is 2. The largest absolute Gasteiger partial charge is 0.341 e. The summed E-state index contributed by atoms with van der Waals surface area (Å²) in [5, 5.41) is 2.55. The van der Waals surface area contributed by atoms with Crippen LogP contribution in [0.25, 0.3) is 72.0 Å². The topological polar surface area (TPSA) is 8.17 Å². The first-order valence-electron chi connectivity index (χ1n) is 17.4. The van der Waals surface area contributed by atoms with E-state index in [1.54, 1.807) is 0 Å². The van der Waals surface area contributed by atoms with E-state index in [9.17, 15) is 0 Å². The van der Waals surface area contributed by atoms with E-state index >= 15 is 0 Å². The Kier molecular flexibility index (Phi) is 6.08. The summed E-state index contributed by atoms with van der Waals surface area (Å²) in [6, 6.07) is 58.6. The summed E-state index contributed by atoms with van der Waals surface area (Å²) in [7, 11) is 0. The zero-order valence-electron chi connectivity index (χ0n) is 27.8. The molecule has 2 heteroatoms. The Hall–Kier alpha value is -5.86. The molecular weight excluding hydrogens is 593 g/mol. The third kappa shape index (κ3) is 4.20. The van der Waals surface area contributed by atoms with Crippen LogP contribution in [0, 0.1) is 0 Å². The highest BCUT2D eigenvalue weighted by atomic mass is 15.1.